The van der Waals surface area contributed by atoms with Crippen molar-refractivity contribution in [1.29, 1.82) is 5.26 Å². The number of allylic oxidation sites excluding steroid dienone is 1. The van der Waals surface area contributed by atoms with Crippen molar-refractivity contribution in [2.24, 2.45) is 0 Å². The molecule has 2 bridgehead atoms. The van der Waals surface area contributed by atoms with Crippen LogP contribution in [0.25, 0.3) is 22.8 Å². The highest BCUT2D eigenvalue weighted by Crippen LogP contribution is 2.36. The third-order valence-electron chi connectivity index (χ3n) is 6.60. The first-order valence-electron chi connectivity index (χ1n) is 12.0. The van der Waals surface area contributed by atoms with Gasteiger partial charge in [-0.15, -0.1) is 11.3 Å². The monoisotopic (exact) mass is 542 g/mol. The van der Waals surface area contributed by atoms with Gasteiger partial charge in [0.25, 0.3) is 0 Å². The standard InChI is InChI=1S/C26H25ClF2N6OS/c1-3-7-36-26-33-22-17(25(34-26)35-11-13-5-6-14(12-35)32-13)9-19(27)16(21(22)29)8-15-18(10-30)24(31)37-23(15)20(28)4-2/h4,8-9,13-14,32H,2-3,5-7,11-12,31H2,1H3/b15-8+,23-20-. The van der Waals surface area contributed by atoms with E-state index in [1.807, 2.05) is 13.0 Å². The summed E-state index contributed by atoms with van der Waals surface area (Å²) < 4.78 is 36.5. The summed E-state index contributed by atoms with van der Waals surface area (Å²) in [5, 5.41) is 14.0. The van der Waals surface area contributed by atoms with Crippen LogP contribution in [0.3, 0.4) is 0 Å². The minimum absolute atomic E-state index is 0.0342. The molecule has 2 atom stereocenters. The van der Waals surface area contributed by atoms with E-state index >= 15 is 4.39 Å². The average molecular weight is 543 g/mol. The summed E-state index contributed by atoms with van der Waals surface area (Å²) >= 11 is 7.50. The van der Waals surface area contributed by atoms with Crippen LogP contribution >= 0.6 is 22.9 Å². The van der Waals surface area contributed by atoms with E-state index in [-0.39, 0.29) is 42.4 Å². The molecule has 2 aromatic heterocycles. The molecular formula is C26H25ClF2N6OS. The number of aromatic nitrogens is 2. The summed E-state index contributed by atoms with van der Waals surface area (Å²) in [5.74, 6) is -0.828. The predicted octanol–water partition coefficient (Wildman–Crippen LogP) is 3.76. The largest absolute Gasteiger partial charge is 0.463 e. The number of nitrogens with two attached hydrogens (primary N) is 1. The van der Waals surface area contributed by atoms with Gasteiger partial charge in [0, 0.05) is 41.3 Å². The molecule has 3 aromatic rings. The maximum absolute atomic E-state index is 16.2. The third-order valence-corrected chi connectivity index (χ3v) is 7.95. The maximum Gasteiger partial charge on any atom is 0.319 e. The van der Waals surface area contributed by atoms with Crippen molar-refractivity contribution in [2.75, 3.05) is 30.3 Å². The van der Waals surface area contributed by atoms with E-state index < -0.39 is 11.6 Å². The molecule has 1 aromatic carbocycles. The van der Waals surface area contributed by atoms with Gasteiger partial charge in [-0.3, -0.25) is 0 Å². The number of nitrogen functional groups attached to an aromatic ring is 1. The van der Waals surface area contributed by atoms with Crippen molar-refractivity contribution >= 4 is 56.6 Å². The average Bonchev–Trinajstić information content (AvgIpc) is 3.41. The van der Waals surface area contributed by atoms with E-state index in [0.717, 1.165) is 49.8 Å². The number of rotatable bonds is 6. The fourth-order valence-corrected chi connectivity index (χ4v) is 6.08. The van der Waals surface area contributed by atoms with Gasteiger partial charge in [-0.2, -0.15) is 15.2 Å². The van der Waals surface area contributed by atoms with Gasteiger partial charge in [0.1, 0.15) is 28.2 Å². The molecule has 3 N–H and O–H groups in total. The Morgan fingerprint density at radius 3 is 2.78 bits per heavy atom. The Kier molecular flexibility index (Phi) is 7.03. The maximum atomic E-state index is 16.2. The summed E-state index contributed by atoms with van der Waals surface area (Å²) in [4.78, 5) is 11.1. The van der Waals surface area contributed by atoms with Crippen molar-refractivity contribution in [1.82, 2.24) is 15.3 Å². The molecule has 2 aliphatic heterocycles. The van der Waals surface area contributed by atoms with E-state index in [9.17, 15) is 9.65 Å². The number of ether oxygens (including phenoxy) is 1. The summed E-state index contributed by atoms with van der Waals surface area (Å²) in [6.07, 6.45) is 5.23. The number of nitriles is 1. The molecule has 7 nitrogen and oxygen atoms in total. The van der Waals surface area contributed by atoms with E-state index in [2.05, 4.69) is 26.8 Å². The zero-order valence-corrected chi connectivity index (χ0v) is 21.7. The van der Waals surface area contributed by atoms with Crippen molar-refractivity contribution in [3.05, 3.63) is 50.4 Å². The molecule has 192 valence electrons. The summed E-state index contributed by atoms with van der Waals surface area (Å²) in [6.45, 7) is 7.23. The van der Waals surface area contributed by atoms with Crippen LogP contribution in [0.15, 0.2) is 18.7 Å². The topological polar surface area (TPSA) is 100 Å². The molecule has 0 radical (unpaired) electrons. The molecule has 11 heteroatoms. The fraction of sp³-hybridized carbons (Fsp3) is 0.346. The van der Waals surface area contributed by atoms with Crippen LogP contribution in [0.4, 0.5) is 19.6 Å². The van der Waals surface area contributed by atoms with Crippen LogP contribution in [-0.4, -0.2) is 41.7 Å². The van der Waals surface area contributed by atoms with Crippen LogP contribution in [-0.2, 0) is 0 Å². The van der Waals surface area contributed by atoms with Gasteiger partial charge < -0.3 is 20.7 Å². The second kappa shape index (κ2) is 10.2. The first-order chi connectivity index (χ1) is 17.8. The number of hydrogen-bond donors (Lipinski definition) is 2. The lowest BCUT2D eigenvalue weighted by molar-refractivity contribution is 0.293. The van der Waals surface area contributed by atoms with Crippen LogP contribution in [0.1, 0.15) is 37.3 Å². The van der Waals surface area contributed by atoms with Crippen LogP contribution in [0.2, 0.25) is 5.02 Å². The van der Waals surface area contributed by atoms with Crippen LogP contribution in [0.5, 0.6) is 6.01 Å². The van der Waals surface area contributed by atoms with Gasteiger partial charge in [0.15, 0.2) is 5.82 Å². The number of nitrogens with one attached hydrogen (secondary N) is 1. The minimum atomic E-state index is -0.718. The minimum Gasteiger partial charge on any atom is -0.463 e. The summed E-state index contributed by atoms with van der Waals surface area (Å²) in [7, 11) is 0. The Bertz CT molecular complexity index is 1550. The van der Waals surface area contributed by atoms with Crippen molar-refractivity contribution in [3.63, 3.8) is 0 Å². The molecule has 0 amide bonds. The van der Waals surface area contributed by atoms with Gasteiger partial charge in [-0.1, -0.05) is 25.1 Å². The van der Waals surface area contributed by atoms with Crippen LogP contribution in [0, 0.1) is 17.1 Å². The highest BCUT2D eigenvalue weighted by atomic mass is 35.5. The Hall–Kier alpha value is -3.26. The van der Waals surface area contributed by atoms with E-state index in [1.165, 1.54) is 6.08 Å². The number of benzene rings is 1. The van der Waals surface area contributed by atoms with E-state index in [0.29, 0.717) is 29.9 Å². The molecular weight excluding hydrogens is 518 g/mol. The quantitative estimate of drug-likeness (QED) is 0.489. The van der Waals surface area contributed by atoms with Crippen molar-refractivity contribution in [2.45, 2.75) is 38.3 Å². The SMILES string of the molecule is C=C/C(F)=c1/sc(N)c(C#N)/c1=C\c1c(Cl)cc2c(N3CC4CCC(C3)N4)nc(OCCC)nc2c1F. The van der Waals surface area contributed by atoms with Crippen molar-refractivity contribution in [3.8, 4) is 12.1 Å². The lowest BCUT2D eigenvalue weighted by atomic mass is 10.1. The molecule has 2 aliphatic rings. The lowest BCUT2D eigenvalue weighted by Gasteiger charge is -2.34. The number of halogens is 3. The fourth-order valence-electron chi connectivity index (χ4n) is 4.91. The van der Waals surface area contributed by atoms with E-state index in [1.54, 1.807) is 6.07 Å². The summed E-state index contributed by atoms with van der Waals surface area (Å²) in [6, 6.07) is 4.33. The van der Waals surface area contributed by atoms with Gasteiger partial charge in [-0.25, -0.2) is 8.78 Å². The molecule has 37 heavy (non-hydrogen) atoms. The molecule has 2 fully saturated rings. The van der Waals surface area contributed by atoms with Gasteiger partial charge in [-0.05, 0) is 37.5 Å². The van der Waals surface area contributed by atoms with E-state index in [4.69, 9.17) is 22.1 Å². The molecule has 0 spiro atoms. The third kappa shape index (κ3) is 4.63. The highest BCUT2D eigenvalue weighted by Gasteiger charge is 2.34. The number of fused-ring (bicyclic) bond motifs is 3. The number of hydrogen-bond acceptors (Lipinski definition) is 8. The van der Waals surface area contributed by atoms with Gasteiger partial charge in [0.2, 0.25) is 0 Å². The highest BCUT2D eigenvalue weighted by molar-refractivity contribution is 7.14. The Balaban J connectivity index is 1.76. The van der Waals surface area contributed by atoms with Crippen molar-refractivity contribution < 1.29 is 13.5 Å². The first-order valence-corrected chi connectivity index (χ1v) is 13.2. The molecule has 2 saturated heterocycles. The second-order valence-electron chi connectivity index (χ2n) is 9.10. The molecule has 0 saturated carbocycles. The Labute approximate surface area is 221 Å². The van der Waals surface area contributed by atoms with Crippen LogP contribution < -0.4 is 30.4 Å². The molecule has 4 heterocycles. The van der Waals surface area contributed by atoms with Gasteiger partial charge >= 0.3 is 6.01 Å². The normalized spacial score (nSPS) is 20.3. The smallest absolute Gasteiger partial charge is 0.319 e. The summed E-state index contributed by atoms with van der Waals surface area (Å²) in [5.41, 5.74) is 5.99. The Morgan fingerprint density at radius 1 is 1.41 bits per heavy atom. The first kappa shape index (κ1) is 25.4. The number of piperazine rings is 1. The molecule has 5 rings (SSSR count). The lowest BCUT2D eigenvalue weighted by Crippen LogP contribution is -2.51. The zero-order valence-electron chi connectivity index (χ0n) is 20.2. The molecule has 0 aliphatic carbocycles. The number of thiophene rings is 1. The number of nitrogens with zero attached hydrogens (tertiary/aromatic N) is 4. The number of anilines is 2. The predicted molar refractivity (Wildman–Crippen MR) is 143 cm³/mol. The second-order valence-corrected chi connectivity index (χ2v) is 10.6. The van der Waals surface area contributed by atoms with Gasteiger partial charge in [0.05, 0.1) is 21.7 Å². The zero-order chi connectivity index (χ0) is 26.3. The Morgan fingerprint density at radius 2 is 2.14 bits per heavy atom. The molecule has 2 unspecified atom stereocenters.